The largest absolute Gasteiger partial charge is 0.506 e. The number of benzene rings is 3. The molecule has 3 N–H and O–H groups in total. The third-order valence-electron chi connectivity index (χ3n) is 9.01. The molecule has 17 heteroatoms. The standard InChI is InChI=1S/C39H40N8O7S2/c1-39(2,3)29-20-26(28-22-30(48)25-40-24-28)19-27(21-29)38(50)46-16-14-45(15-17-46)36-12-11-34(42-43-36)37(49)44-56(53,54)32-9-10-33(35(23-32)47(51)52)41-13-18-55-31-7-5-4-6-8-31/h4-12,19-25,41,48H,13-18H2,1-3H3,(H,44,49). The highest BCUT2D eigenvalue weighted by molar-refractivity contribution is 7.99. The van der Waals surface area contributed by atoms with Crippen molar-refractivity contribution in [3.63, 3.8) is 0 Å². The van der Waals surface area contributed by atoms with Gasteiger partial charge >= 0.3 is 0 Å². The summed E-state index contributed by atoms with van der Waals surface area (Å²) in [7, 11) is -4.51. The van der Waals surface area contributed by atoms with Crippen molar-refractivity contribution in [2.45, 2.75) is 36.0 Å². The molecule has 5 aromatic rings. The summed E-state index contributed by atoms with van der Waals surface area (Å²) in [5.74, 6) is -0.116. The lowest BCUT2D eigenvalue weighted by molar-refractivity contribution is -0.384. The first kappa shape index (κ1) is 39.6. The fraction of sp³-hybridized carbons (Fsp3) is 0.256. The summed E-state index contributed by atoms with van der Waals surface area (Å²) >= 11 is 1.57. The average Bonchev–Trinajstić information content (AvgIpc) is 3.19. The summed E-state index contributed by atoms with van der Waals surface area (Å²) in [6.45, 7) is 8.21. The van der Waals surface area contributed by atoms with Crippen molar-refractivity contribution in [2.24, 2.45) is 0 Å². The highest BCUT2D eigenvalue weighted by Crippen LogP contribution is 2.32. The summed E-state index contributed by atoms with van der Waals surface area (Å²) in [4.78, 5) is 46.2. The minimum atomic E-state index is -4.51. The molecular formula is C39H40N8O7S2. The van der Waals surface area contributed by atoms with Gasteiger partial charge in [0.05, 0.1) is 16.0 Å². The van der Waals surface area contributed by atoms with Gasteiger partial charge in [-0.15, -0.1) is 22.0 Å². The molecule has 290 valence electrons. The Kier molecular flexibility index (Phi) is 11.8. The number of hydrogen-bond donors (Lipinski definition) is 3. The van der Waals surface area contributed by atoms with E-state index in [1.54, 1.807) is 35.0 Å². The Hall–Kier alpha value is -6.07. The number of rotatable bonds is 12. The predicted octanol–water partition coefficient (Wildman–Crippen LogP) is 5.74. The van der Waals surface area contributed by atoms with E-state index in [1.807, 2.05) is 52.1 Å². The lowest BCUT2D eigenvalue weighted by Crippen LogP contribution is -2.49. The maximum Gasteiger partial charge on any atom is 0.293 e. The lowest BCUT2D eigenvalue weighted by atomic mass is 9.84. The molecule has 15 nitrogen and oxygen atoms in total. The number of nitrogens with one attached hydrogen (secondary N) is 2. The molecular weight excluding hydrogens is 757 g/mol. The Bertz CT molecular complexity index is 2350. The van der Waals surface area contributed by atoms with Gasteiger partial charge in [0, 0.05) is 66.8 Å². The molecule has 56 heavy (non-hydrogen) atoms. The normalized spacial score (nSPS) is 13.3. The topological polar surface area (TPSA) is 201 Å². The first-order chi connectivity index (χ1) is 26.7. The number of aromatic nitrogens is 3. The zero-order valence-corrected chi connectivity index (χ0v) is 32.5. The van der Waals surface area contributed by atoms with Gasteiger partial charge in [0.1, 0.15) is 11.4 Å². The van der Waals surface area contributed by atoms with Crippen LogP contribution in [0.25, 0.3) is 11.1 Å². The van der Waals surface area contributed by atoms with Gasteiger partial charge in [-0.05, 0) is 71.1 Å². The van der Waals surface area contributed by atoms with Crippen LogP contribution in [0.15, 0.2) is 107 Å². The minimum absolute atomic E-state index is 0.0298. The van der Waals surface area contributed by atoms with Crippen LogP contribution in [-0.4, -0.2) is 88.8 Å². The van der Waals surface area contributed by atoms with E-state index in [0.29, 0.717) is 55.4 Å². The van der Waals surface area contributed by atoms with Crippen molar-refractivity contribution in [1.29, 1.82) is 0 Å². The van der Waals surface area contributed by atoms with Gasteiger partial charge in [-0.25, -0.2) is 13.1 Å². The molecule has 1 fully saturated rings. The number of nitro groups is 1. The number of thioether (sulfide) groups is 1. The molecule has 0 unspecified atom stereocenters. The summed E-state index contributed by atoms with van der Waals surface area (Å²) in [6.07, 6.45) is 2.99. The zero-order chi connectivity index (χ0) is 40.0. The molecule has 1 saturated heterocycles. The van der Waals surface area contributed by atoms with Crippen LogP contribution >= 0.6 is 11.8 Å². The second-order valence-electron chi connectivity index (χ2n) is 14.0. The van der Waals surface area contributed by atoms with Gasteiger partial charge in [-0.2, -0.15) is 0 Å². The van der Waals surface area contributed by atoms with Crippen molar-refractivity contribution < 1.29 is 28.0 Å². The Morgan fingerprint density at radius 2 is 1.66 bits per heavy atom. The summed E-state index contributed by atoms with van der Waals surface area (Å²) < 4.78 is 28.1. The third-order valence-corrected chi connectivity index (χ3v) is 11.4. The predicted molar refractivity (Wildman–Crippen MR) is 214 cm³/mol. The molecule has 1 aliphatic rings. The first-order valence-electron chi connectivity index (χ1n) is 17.6. The summed E-state index contributed by atoms with van der Waals surface area (Å²) in [5, 5.41) is 32.9. The van der Waals surface area contributed by atoms with Crippen molar-refractivity contribution in [1.82, 2.24) is 24.8 Å². The number of pyridine rings is 1. The Labute approximate surface area is 328 Å². The zero-order valence-electron chi connectivity index (χ0n) is 30.9. The Morgan fingerprint density at radius 3 is 2.32 bits per heavy atom. The van der Waals surface area contributed by atoms with Gasteiger partial charge < -0.3 is 20.2 Å². The molecule has 0 saturated carbocycles. The molecule has 0 spiro atoms. The average molecular weight is 797 g/mol. The van der Waals surface area contributed by atoms with E-state index in [1.165, 1.54) is 30.5 Å². The van der Waals surface area contributed by atoms with Crippen LogP contribution in [0.1, 0.15) is 47.2 Å². The van der Waals surface area contributed by atoms with Crippen LogP contribution in [0.2, 0.25) is 0 Å². The van der Waals surface area contributed by atoms with Crippen LogP contribution in [0, 0.1) is 10.1 Å². The minimum Gasteiger partial charge on any atom is -0.506 e. The van der Waals surface area contributed by atoms with E-state index in [-0.39, 0.29) is 28.5 Å². The van der Waals surface area contributed by atoms with Crippen LogP contribution in [0.3, 0.4) is 0 Å². The van der Waals surface area contributed by atoms with E-state index in [4.69, 9.17) is 0 Å². The van der Waals surface area contributed by atoms with Gasteiger partial charge in [-0.3, -0.25) is 24.7 Å². The molecule has 0 radical (unpaired) electrons. The highest BCUT2D eigenvalue weighted by atomic mass is 32.2. The molecule has 2 amide bonds. The third kappa shape index (κ3) is 9.59. The summed E-state index contributed by atoms with van der Waals surface area (Å²) in [5.41, 5.74) is 2.12. The number of amides is 2. The van der Waals surface area contributed by atoms with Gasteiger partial charge in [-0.1, -0.05) is 45.0 Å². The Balaban J connectivity index is 1.06. The number of carbonyl (C=O) groups is 2. The molecule has 2 aromatic heterocycles. The molecule has 6 rings (SSSR count). The first-order valence-corrected chi connectivity index (χ1v) is 20.1. The van der Waals surface area contributed by atoms with Crippen molar-refractivity contribution in [3.05, 3.63) is 124 Å². The van der Waals surface area contributed by atoms with Crippen LogP contribution in [-0.2, 0) is 15.4 Å². The maximum atomic E-state index is 13.8. The molecule has 3 aromatic carbocycles. The second-order valence-corrected chi connectivity index (χ2v) is 16.8. The molecule has 0 atom stereocenters. The number of piperazine rings is 1. The molecule has 0 aliphatic carbocycles. The van der Waals surface area contributed by atoms with Crippen LogP contribution in [0.5, 0.6) is 5.75 Å². The number of nitrogens with zero attached hydrogens (tertiary/aromatic N) is 6. The highest BCUT2D eigenvalue weighted by Gasteiger charge is 2.27. The number of aromatic hydroxyl groups is 1. The number of nitro benzene ring substituents is 1. The van der Waals surface area contributed by atoms with Crippen molar-refractivity contribution in [3.8, 4) is 16.9 Å². The van der Waals surface area contributed by atoms with Gasteiger partial charge in [0.15, 0.2) is 11.5 Å². The van der Waals surface area contributed by atoms with Crippen molar-refractivity contribution in [2.75, 3.05) is 48.7 Å². The molecule has 3 heterocycles. The maximum absolute atomic E-state index is 13.8. The lowest BCUT2D eigenvalue weighted by Gasteiger charge is -2.35. The Morgan fingerprint density at radius 1 is 0.911 bits per heavy atom. The molecule has 0 bridgehead atoms. The fourth-order valence-electron chi connectivity index (χ4n) is 5.96. The quantitative estimate of drug-likeness (QED) is 0.0599. The van der Waals surface area contributed by atoms with E-state index in [2.05, 4.69) is 41.3 Å². The number of sulfonamides is 1. The van der Waals surface area contributed by atoms with E-state index in [0.717, 1.165) is 22.1 Å². The smallest absolute Gasteiger partial charge is 0.293 e. The SMILES string of the molecule is CC(C)(C)c1cc(C(=O)N2CCN(c3ccc(C(=O)NS(=O)(=O)c4ccc(NCCSc5ccccc5)c([N+](=O)[O-])c4)nn3)CC2)cc(-c2cncc(O)c2)c1. The van der Waals surface area contributed by atoms with Gasteiger partial charge in [0.2, 0.25) is 0 Å². The second kappa shape index (κ2) is 16.7. The van der Waals surface area contributed by atoms with E-state index >= 15 is 0 Å². The van der Waals surface area contributed by atoms with Crippen LogP contribution < -0.4 is 14.9 Å². The van der Waals surface area contributed by atoms with Gasteiger partial charge in [0.25, 0.3) is 27.5 Å². The van der Waals surface area contributed by atoms with E-state index < -0.39 is 31.4 Å². The monoisotopic (exact) mass is 796 g/mol. The van der Waals surface area contributed by atoms with Crippen molar-refractivity contribution >= 4 is 50.8 Å². The fourth-order valence-corrected chi connectivity index (χ4v) is 7.73. The molecule has 1 aliphatic heterocycles. The van der Waals surface area contributed by atoms with E-state index in [9.17, 15) is 33.2 Å². The number of carbonyl (C=O) groups excluding carboxylic acids is 2. The number of anilines is 2. The number of hydrogen-bond acceptors (Lipinski definition) is 13. The summed E-state index contributed by atoms with van der Waals surface area (Å²) in [6, 6.07) is 23.2. The van der Waals surface area contributed by atoms with Crippen LogP contribution in [0.4, 0.5) is 17.2 Å².